The van der Waals surface area contributed by atoms with E-state index < -0.39 is 5.97 Å². The lowest BCUT2D eigenvalue weighted by Crippen LogP contribution is -2.09. The minimum absolute atomic E-state index is 0.294. The largest absolute Gasteiger partial charge is 0.477 e. The molecule has 0 amide bonds. The van der Waals surface area contributed by atoms with Crippen LogP contribution in [0.4, 0.5) is 0 Å². The van der Waals surface area contributed by atoms with E-state index in [9.17, 15) is 4.79 Å². The van der Waals surface area contributed by atoms with Gasteiger partial charge in [0.15, 0.2) is 0 Å². The Kier molecular flexibility index (Phi) is 2.62. The first kappa shape index (κ1) is 8.96. The van der Waals surface area contributed by atoms with Crippen molar-refractivity contribution in [2.75, 3.05) is 0 Å². The lowest BCUT2D eigenvalue weighted by atomic mass is 10.1. The van der Waals surface area contributed by atoms with Gasteiger partial charge in [0, 0.05) is 6.04 Å². The van der Waals surface area contributed by atoms with Crippen molar-refractivity contribution in [3.05, 3.63) is 34.5 Å². The number of carboxylic acids is 1. The molecule has 1 heterocycles. The summed E-state index contributed by atoms with van der Waals surface area (Å²) in [7, 11) is 0. The summed E-state index contributed by atoms with van der Waals surface area (Å²) >= 11 is 1.17. The van der Waals surface area contributed by atoms with Crippen molar-refractivity contribution in [2.45, 2.75) is 6.04 Å². The fraction of sp³-hybridized carbons (Fsp3) is 0.125. The number of carboxylic acid groups (broad SMARTS) is 1. The van der Waals surface area contributed by atoms with Gasteiger partial charge in [-0.15, -0.1) is 17.9 Å². The fourth-order valence-corrected chi connectivity index (χ4v) is 1.67. The molecule has 1 aromatic heterocycles. The average Bonchev–Trinajstić information content (AvgIpc) is 2.50. The van der Waals surface area contributed by atoms with Gasteiger partial charge in [0.2, 0.25) is 0 Å². The maximum Gasteiger partial charge on any atom is 0.346 e. The summed E-state index contributed by atoms with van der Waals surface area (Å²) < 4.78 is 0. The van der Waals surface area contributed by atoms with Gasteiger partial charge in [-0.05, 0) is 17.0 Å². The van der Waals surface area contributed by atoms with Gasteiger partial charge in [0.25, 0.3) is 0 Å². The summed E-state index contributed by atoms with van der Waals surface area (Å²) in [6, 6.07) is 1.32. The minimum atomic E-state index is -0.933. The highest BCUT2D eigenvalue weighted by Crippen LogP contribution is 2.22. The second-order valence-corrected chi connectivity index (χ2v) is 3.19. The van der Waals surface area contributed by atoms with Crippen molar-refractivity contribution in [1.29, 1.82) is 0 Å². The quantitative estimate of drug-likeness (QED) is 0.700. The van der Waals surface area contributed by atoms with Crippen LogP contribution in [0.15, 0.2) is 24.1 Å². The van der Waals surface area contributed by atoms with E-state index in [2.05, 4.69) is 6.58 Å². The van der Waals surface area contributed by atoms with Crippen LogP contribution in [0.2, 0.25) is 0 Å². The molecule has 12 heavy (non-hydrogen) atoms. The second kappa shape index (κ2) is 3.51. The summed E-state index contributed by atoms with van der Waals surface area (Å²) in [5.74, 6) is -0.933. The molecule has 1 atom stereocenters. The summed E-state index contributed by atoms with van der Waals surface area (Å²) in [5.41, 5.74) is 6.23. The van der Waals surface area contributed by atoms with Crippen LogP contribution < -0.4 is 5.73 Å². The predicted octanol–water partition coefficient (Wildman–Crippen LogP) is 1.63. The maximum atomic E-state index is 10.6. The Hall–Kier alpha value is -1.13. The van der Waals surface area contributed by atoms with Crippen LogP contribution >= 0.6 is 11.3 Å². The highest BCUT2D eigenvalue weighted by atomic mass is 32.1. The summed E-state index contributed by atoms with van der Waals surface area (Å²) in [5, 5.41) is 10.4. The Labute approximate surface area is 74.1 Å². The molecule has 3 N–H and O–H groups in total. The Morgan fingerprint density at radius 3 is 3.00 bits per heavy atom. The summed E-state index contributed by atoms with van der Waals surface area (Å²) in [6.07, 6.45) is 1.52. The van der Waals surface area contributed by atoms with E-state index in [1.165, 1.54) is 17.4 Å². The van der Waals surface area contributed by atoms with Gasteiger partial charge in [-0.1, -0.05) is 6.08 Å². The first-order chi connectivity index (χ1) is 5.66. The van der Waals surface area contributed by atoms with Crippen molar-refractivity contribution in [3.8, 4) is 0 Å². The van der Waals surface area contributed by atoms with Crippen molar-refractivity contribution < 1.29 is 9.90 Å². The van der Waals surface area contributed by atoms with E-state index in [4.69, 9.17) is 10.8 Å². The minimum Gasteiger partial charge on any atom is -0.477 e. The molecule has 0 spiro atoms. The van der Waals surface area contributed by atoms with Crippen LogP contribution in [-0.2, 0) is 0 Å². The van der Waals surface area contributed by atoms with Gasteiger partial charge < -0.3 is 10.8 Å². The third-order valence-electron chi connectivity index (χ3n) is 1.50. The molecular weight excluding hydrogens is 174 g/mol. The van der Waals surface area contributed by atoms with Crippen LogP contribution in [0.25, 0.3) is 0 Å². The van der Waals surface area contributed by atoms with Crippen LogP contribution in [0.5, 0.6) is 0 Å². The monoisotopic (exact) mass is 183 g/mol. The molecule has 0 radical (unpaired) electrons. The lowest BCUT2D eigenvalue weighted by molar-refractivity contribution is 0.0701. The smallest absolute Gasteiger partial charge is 0.346 e. The van der Waals surface area contributed by atoms with Crippen LogP contribution in [0.1, 0.15) is 21.3 Å². The molecule has 0 saturated heterocycles. The van der Waals surface area contributed by atoms with E-state index in [0.717, 1.165) is 0 Å². The molecule has 0 aliphatic heterocycles. The normalized spacial score (nSPS) is 12.4. The summed E-state index contributed by atoms with van der Waals surface area (Å²) in [6.45, 7) is 3.50. The van der Waals surface area contributed by atoms with Crippen LogP contribution in [0, 0.1) is 0 Å². The third kappa shape index (κ3) is 1.54. The van der Waals surface area contributed by atoms with Crippen molar-refractivity contribution in [2.24, 2.45) is 5.73 Å². The third-order valence-corrected chi connectivity index (χ3v) is 2.42. The van der Waals surface area contributed by atoms with Gasteiger partial charge >= 0.3 is 5.97 Å². The molecule has 0 fully saturated rings. The Morgan fingerprint density at radius 2 is 2.50 bits per heavy atom. The van der Waals surface area contributed by atoms with Crippen LogP contribution in [0.3, 0.4) is 0 Å². The molecule has 0 aliphatic rings. The molecule has 4 heteroatoms. The highest BCUT2D eigenvalue weighted by Gasteiger charge is 2.14. The first-order valence-corrected chi connectivity index (χ1v) is 4.23. The molecule has 1 unspecified atom stereocenters. The molecule has 3 nitrogen and oxygen atoms in total. The zero-order valence-corrected chi connectivity index (χ0v) is 7.17. The van der Waals surface area contributed by atoms with Gasteiger partial charge in [-0.25, -0.2) is 4.79 Å². The number of hydrogen-bond donors (Lipinski definition) is 2. The highest BCUT2D eigenvalue weighted by molar-refractivity contribution is 7.12. The molecule has 0 saturated carbocycles. The fourth-order valence-electron chi connectivity index (χ4n) is 0.882. The van der Waals surface area contributed by atoms with E-state index in [-0.39, 0.29) is 6.04 Å². The number of thiophene rings is 1. The van der Waals surface area contributed by atoms with E-state index in [1.807, 2.05) is 0 Å². The molecule has 0 aliphatic carbocycles. The zero-order chi connectivity index (χ0) is 9.14. The predicted molar refractivity (Wildman–Crippen MR) is 48.4 cm³/mol. The second-order valence-electron chi connectivity index (χ2n) is 2.27. The van der Waals surface area contributed by atoms with Crippen molar-refractivity contribution >= 4 is 17.3 Å². The number of hydrogen-bond acceptors (Lipinski definition) is 3. The number of carbonyl (C=O) groups is 1. The van der Waals surface area contributed by atoms with Gasteiger partial charge in [0.1, 0.15) is 4.88 Å². The Morgan fingerprint density at radius 1 is 1.83 bits per heavy atom. The number of aromatic carboxylic acids is 1. The van der Waals surface area contributed by atoms with Gasteiger partial charge in [0.05, 0.1) is 0 Å². The Balaban J connectivity index is 3.06. The van der Waals surface area contributed by atoms with E-state index >= 15 is 0 Å². The standard InChI is InChI=1S/C8H9NO2S/c1-2-6(9)5-3-4-12-7(5)8(10)11/h2-4,6H,1,9H2,(H,10,11). The maximum absolute atomic E-state index is 10.6. The van der Waals surface area contributed by atoms with E-state index in [0.29, 0.717) is 10.4 Å². The van der Waals surface area contributed by atoms with Crippen molar-refractivity contribution in [3.63, 3.8) is 0 Å². The topological polar surface area (TPSA) is 63.3 Å². The first-order valence-electron chi connectivity index (χ1n) is 3.35. The Bertz CT molecular complexity index is 306. The van der Waals surface area contributed by atoms with Gasteiger partial charge in [-0.3, -0.25) is 0 Å². The zero-order valence-electron chi connectivity index (χ0n) is 6.36. The molecular formula is C8H9NO2S. The average molecular weight is 183 g/mol. The molecule has 1 rings (SSSR count). The van der Waals surface area contributed by atoms with E-state index in [1.54, 1.807) is 11.4 Å². The summed E-state index contributed by atoms with van der Waals surface area (Å²) in [4.78, 5) is 10.9. The SMILES string of the molecule is C=CC(N)c1ccsc1C(=O)O. The molecule has 1 aromatic rings. The number of rotatable bonds is 3. The molecule has 0 aromatic carbocycles. The lowest BCUT2D eigenvalue weighted by Gasteiger charge is -2.03. The number of nitrogens with two attached hydrogens (primary N) is 1. The van der Waals surface area contributed by atoms with Crippen LogP contribution in [-0.4, -0.2) is 11.1 Å². The van der Waals surface area contributed by atoms with Crippen molar-refractivity contribution in [1.82, 2.24) is 0 Å². The van der Waals surface area contributed by atoms with Gasteiger partial charge in [-0.2, -0.15) is 0 Å². The molecule has 0 bridgehead atoms. The molecule has 64 valence electrons.